The Bertz CT molecular complexity index is 2220. The van der Waals surface area contributed by atoms with E-state index in [0.29, 0.717) is 0 Å². The van der Waals surface area contributed by atoms with E-state index in [9.17, 15) is 0 Å². The van der Waals surface area contributed by atoms with Gasteiger partial charge in [-0.1, -0.05) is 115 Å². The van der Waals surface area contributed by atoms with Crippen LogP contribution in [0.2, 0.25) is 0 Å². The lowest BCUT2D eigenvalue weighted by molar-refractivity contribution is 1.03. The average Bonchev–Trinajstić information content (AvgIpc) is 3.56. The van der Waals surface area contributed by atoms with Gasteiger partial charge < -0.3 is 0 Å². The maximum atomic E-state index is 2.50. The molecule has 8 aromatic rings. The smallest absolute Gasteiger partial charge is 0.131 e. The van der Waals surface area contributed by atoms with E-state index in [0.717, 1.165) is 5.69 Å². The fraction of sp³-hybridized carbons (Fsp3) is 0. The first kappa shape index (κ1) is 22.8. The van der Waals surface area contributed by atoms with E-state index in [1.807, 2.05) is 11.8 Å². The molecule has 1 aliphatic rings. The maximum absolute atomic E-state index is 2.50. The van der Waals surface area contributed by atoms with Crippen LogP contribution in [0.15, 0.2) is 155 Å². The molecule has 0 atom stereocenters. The predicted molar refractivity (Wildman–Crippen MR) is 173 cm³/mol. The quantitative estimate of drug-likeness (QED) is 0.217. The molecule has 0 saturated heterocycles. The van der Waals surface area contributed by atoms with Crippen molar-refractivity contribution in [3.05, 3.63) is 146 Å². The molecule has 0 aliphatic carbocycles. The second-order valence-corrected chi connectivity index (χ2v) is 11.7. The molecule has 9 rings (SSSR count). The molecule has 2 aromatic heterocycles. The number of hydrogen-bond acceptors (Lipinski definition) is 1. The van der Waals surface area contributed by atoms with E-state index in [2.05, 4.69) is 155 Å². The van der Waals surface area contributed by atoms with Crippen LogP contribution in [-0.4, -0.2) is 9.13 Å². The van der Waals surface area contributed by atoms with E-state index in [-0.39, 0.29) is 0 Å². The van der Waals surface area contributed by atoms with Crippen LogP contribution in [0.4, 0.5) is 0 Å². The summed E-state index contributed by atoms with van der Waals surface area (Å²) in [5.41, 5.74) is 11.0. The minimum absolute atomic E-state index is 1.16. The Hall–Kier alpha value is -4.99. The number of rotatable bonds is 3. The summed E-state index contributed by atoms with van der Waals surface area (Å²) in [4.78, 5) is 2.58. The van der Waals surface area contributed by atoms with Crippen LogP contribution in [-0.2, 0) is 0 Å². The van der Waals surface area contributed by atoms with Gasteiger partial charge in [0.05, 0.1) is 16.7 Å². The highest BCUT2D eigenvalue weighted by Gasteiger charge is 2.27. The van der Waals surface area contributed by atoms with E-state index in [1.165, 1.54) is 70.6 Å². The molecule has 0 spiro atoms. The van der Waals surface area contributed by atoms with Crippen molar-refractivity contribution in [1.82, 2.24) is 9.13 Å². The van der Waals surface area contributed by atoms with Crippen LogP contribution in [0, 0.1) is 0 Å². The molecule has 0 unspecified atom stereocenters. The lowest BCUT2D eigenvalue weighted by Gasteiger charge is -2.21. The Morgan fingerprint density at radius 1 is 0.439 bits per heavy atom. The summed E-state index contributed by atoms with van der Waals surface area (Å²) in [6.07, 6.45) is 0. The summed E-state index contributed by atoms with van der Waals surface area (Å²) in [5, 5.41) is 3.89. The van der Waals surface area contributed by atoms with E-state index in [4.69, 9.17) is 0 Å². The Morgan fingerprint density at radius 2 is 1.05 bits per heavy atom. The van der Waals surface area contributed by atoms with E-state index in [1.54, 1.807) is 0 Å². The van der Waals surface area contributed by atoms with Gasteiger partial charge in [0.1, 0.15) is 5.65 Å². The lowest BCUT2D eigenvalue weighted by Crippen LogP contribution is -2.05. The summed E-state index contributed by atoms with van der Waals surface area (Å²) in [6, 6.07) is 52.9. The van der Waals surface area contributed by atoms with Crippen molar-refractivity contribution in [2.75, 3.05) is 0 Å². The van der Waals surface area contributed by atoms with Crippen LogP contribution in [0.3, 0.4) is 0 Å². The predicted octanol–water partition coefficient (Wildman–Crippen LogP) is 10.5. The SMILES string of the molecule is c1ccc(-c2cc(-c3ccccc3)cc(-n3c4ccccc4c4c5cccc6c5n(c43)-c3ccccc3S6)c2)cc1. The van der Waals surface area contributed by atoms with Crippen LogP contribution in [0.5, 0.6) is 0 Å². The number of nitrogens with zero attached hydrogens (tertiary/aromatic N) is 2. The zero-order chi connectivity index (χ0) is 26.9. The Balaban J connectivity index is 1.46. The molecule has 2 nitrogen and oxygen atoms in total. The minimum atomic E-state index is 1.16. The molecular weight excluding hydrogens is 516 g/mol. The second kappa shape index (κ2) is 8.76. The van der Waals surface area contributed by atoms with Gasteiger partial charge in [-0.05, 0) is 64.7 Å². The van der Waals surface area contributed by atoms with Crippen molar-refractivity contribution in [1.29, 1.82) is 0 Å². The molecule has 6 aromatic carbocycles. The van der Waals surface area contributed by atoms with Crippen molar-refractivity contribution in [2.45, 2.75) is 9.79 Å². The highest BCUT2D eigenvalue weighted by Crippen LogP contribution is 2.49. The molecule has 192 valence electrons. The van der Waals surface area contributed by atoms with Crippen LogP contribution < -0.4 is 0 Å². The normalized spacial score (nSPS) is 12.3. The van der Waals surface area contributed by atoms with Crippen molar-refractivity contribution >= 4 is 44.6 Å². The van der Waals surface area contributed by atoms with Gasteiger partial charge in [-0.3, -0.25) is 9.13 Å². The zero-order valence-corrected chi connectivity index (χ0v) is 23.0. The largest absolute Gasteiger partial charge is 0.295 e. The molecule has 0 saturated carbocycles. The number of para-hydroxylation sites is 3. The van der Waals surface area contributed by atoms with E-state index >= 15 is 0 Å². The van der Waals surface area contributed by atoms with Gasteiger partial charge in [-0.15, -0.1) is 0 Å². The van der Waals surface area contributed by atoms with Crippen molar-refractivity contribution in [3.8, 4) is 33.6 Å². The fourth-order valence-electron chi connectivity index (χ4n) is 6.52. The lowest BCUT2D eigenvalue weighted by atomic mass is 9.98. The Kier molecular flexibility index (Phi) is 4.87. The third-order valence-corrected chi connectivity index (χ3v) is 9.38. The topological polar surface area (TPSA) is 9.86 Å². The molecule has 0 N–H and O–H groups in total. The Morgan fingerprint density at radius 3 is 1.80 bits per heavy atom. The second-order valence-electron chi connectivity index (χ2n) is 10.6. The molecule has 0 radical (unpaired) electrons. The highest BCUT2D eigenvalue weighted by atomic mass is 32.2. The average molecular weight is 541 g/mol. The van der Waals surface area contributed by atoms with Crippen molar-refractivity contribution in [2.24, 2.45) is 0 Å². The van der Waals surface area contributed by atoms with Gasteiger partial charge in [0.2, 0.25) is 0 Å². The van der Waals surface area contributed by atoms with Gasteiger partial charge in [0.25, 0.3) is 0 Å². The molecule has 0 fully saturated rings. The highest BCUT2D eigenvalue weighted by molar-refractivity contribution is 7.99. The fourth-order valence-corrected chi connectivity index (χ4v) is 7.62. The summed E-state index contributed by atoms with van der Waals surface area (Å²) in [5.74, 6) is 0. The molecule has 41 heavy (non-hydrogen) atoms. The first-order valence-electron chi connectivity index (χ1n) is 14.0. The molecule has 3 heteroatoms. The summed E-state index contributed by atoms with van der Waals surface area (Å²) < 4.78 is 4.99. The summed E-state index contributed by atoms with van der Waals surface area (Å²) in [6.45, 7) is 0. The third-order valence-electron chi connectivity index (χ3n) is 8.27. The van der Waals surface area contributed by atoms with Gasteiger partial charge in [-0.2, -0.15) is 0 Å². The molecule has 0 bridgehead atoms. The first-order valence-corrected chi connectivity index (χ1v) is 14.8. The summed E-state index contributed by atoms with van der Waals surface area (Å²) >= 11 is 1.87. The first-order chi connectivity index (χ1) is 20.3. The summed E-state index contributed by atoms with van der Waals surface area (Å²) in [7, 11) is 0. The van der Waals surface area contributed by atoms with Crippen LogP contribution in [0.25, 0.3) is 66.5 Å². The Labute approximate surface area is 242 Å². The minimum Gasteiger partial charge on any atom is -0.295 e. The van der Waals surface area contributed by atoms with Crippen LogP contribution >= 0.6 is 11.8 Å². The maximum Gasteiger partial charge on any atom is 0.131 e. The molecule has 3 heterocycles. The zero-order valence-electron chi connectivity index (χ0n) is 22.2. The molecule has 1 aliphatic heterocycles. The van der Waals surface area contributed by atoms with Crippen molar-refractivity contribution < 1.29 is 0 Å². The van der Waals surface area contributed by atoms with Gasteiger partial charge >= 0.3 is 0 Å². The number of aromatic nitrogens is 2. The van der Waals surface area contributed by atoms with Gasteiger partial charge in [0, 0.05) is 31.6 Å². The van der Waals surface area contributed by atoms with E-state index < -0.39 is 0 Å². The monoisotopic (exact) mass is 540 g/mol. The van der Waals surface area contributed by atoms with Gasteiger partial charge in [-0.25, -0.2) is 0 Å². The van der Waals surface area contributed by atoms with Crippen molar-refractivity contribution in [3.63, 3.8) is 0 Å². The number of hydrogen-bond donors (Lipinski definition) is 0. The molecular formula is C38H24N2S. The van der Waals surface area contributed by atoms with Gasteiger partial charge in [0.15, 0.2) is 0 Å². The van der Waals surface area contributed by atoms with Crippen LogP contribution in [0.1, 0.15) is 0 Å². The molecule has 0 amide bonds. The third kappa shape index (κ3) is 3.33. The number of benzene rings is 6. The standard InChI is InChI=1S/C38H24N2S/c1-3-12-25(13-4-1)27-22-28(26-14-5-2-6-15-26)24-29(23-27)39-32-18-8-7-16-30(32)36-31-17-11-21-35-37(31)40(38(36)39)33-19-9-10-20-34(33)41-35/h1-24H. The number of fused-ring (bicyclic) bond motifs is 7.